The third-order valence-corrected chi connectivity index (χ3v) is 2.78. The monoisotopic (exact) mass is 253 g/mol. The summed E-state index contributed by atoms with van der Waals surface area (Å²) >= 11 is 0. The number of nitrogens with zero attached hydrogens (tertiary/aromatic N) is 2. The number of nitrogens with two attached hydrogens (primary N) is 1. The first kappa shape index (κ1) is 14.7. The van der Waals surface area contributed by atoms with Crippen LogP contribution in [-0.4, -0.2) is 49.4 Å². The van der Waals surface area contributed by atoms with Gasteiger partial charge in [0.1, 0.15) is 5.76 Å². The lowest BCUT2D eigenvalue weighted by Crippen LogP contribution is -2.33. The highest BCUT2D eigenvalue weighted by atomic mass is 16.4. The van der Waals surface area contributed by atoms with E-state index >= 15 is 0 Å². The summed E-state index contributed by atoms with van der Waals surface area (Å²) in [5.74, 6) is 0.959. The van der Waals surface area contributed by atoms with Crippen LogP contribution in [-0.2, 0) is 6.54 Å². The highest BCUT2D eigenvalue weighted by Gasteiger charge is 2.17. The average Bonchev–Trinajstić information content (AvgIpc) is 2.82. The molecule has 0 saturated carbocycles. The van der Waals surface area contributed by atoms with E-state index in [2.05, 4.69) is 4.90 Å². The topological polar surface area (TPSA) is 62.7 Å². The lowest BCUT2D eigenvalue weighted by Gasteiger charge is -2.20. The van der Waals surface area contributed by atoms with Crippen molar-refractivity contribution in [2.75, 3.05) is 33.7 Å². The van der Waals surface area contributed by atoms with Gasteiger partial charge in [-0.25, -0.2) is 0 Å². The molecule has 5 heteroatoms. The van der Waals surface area contributed by atoms with E-state index in [1.54, 1.807) is 17.0 Å². The van der Waals surface area contributed by atoms with Crippen molar-refractivity contribution in [3.63, 3.8) is 0 Å². The van der Waals surface area contributed by atoms with E-state index in [4.69, 9.17) is 10.2 Å². The average molecular weight is 253 g/mol. The van der Waals surface area contributed by atoms with Crippen molar-refractivity contribution in [2.45, 2.75) is 19.9 Å². The van der Waals surface area contributed by atoms with E-state index in [1.807, 2.05) is 21.0 Å². The molecule has 1 heterocycles. The van der Waals surface area contributed by atoms with Crippen LogP contribution >= 0.6 is 0 Å². The Balaban J connectivity index is 2.55. The van der Waals surface area contributed by atoms with Crippen molar-refractivity contribution in [2.24, 2.45) is 5.73 Å². The second kappa shape index (κ2) is 7.18. The molecule has 0 spiro atoms. The summed E-state index contributed by atoms with van der Waals surface area (Å²) in [6.45, 7) is 4.69. The summed E-state index contributed by atoms with van der Waals surface area (Å²) in [7, 11) is 4.05. The molecule has 1 aromatic heterocycles. The lowest BCUT2D eigenvalue weighted by molar-refractivity contribution is 0.0725. The second-order valence-electron chi connectivity index (χ2n) is 4.51. The highest BCUT2D eigenvalue weighted by molar-refractivity contribution is 5.91. The predicted molar refractivity (Wildman–Crippen MR) is 71.3 cm³/mol. The molecule has 0 unspecified atom stereocenters. The van der Waals surface area contributed by atoms with E-state index in [1.165, 1.54) is 0 Å². The van der Waals surface area contributed by atoms with Gasteiger partial charge in [0, 0.05) is 13.1 Å². The van der Waals surface area contributed by atoms with Gasteiger partial charge in [0.25, 0.3) is 5.91 Å². The summed E-state index contributed by atoms with van der Waals surface area (Å²) in [6.07, 6.45) is 0.955. The van der Waals surface area contributed by atoms with Crippen LogP contribution in [0.4, 0.5) is 0 Å². The van der Waals surface area contributed by atoms with E-state index in [0.717, 1.165) is 19.5 Å². The van der Waals surface area contributed by atoms with Crippen LogP contribution in [0.2, 0.25) is 0 Å². The minimum Gasteiger partial charge on any atom is -0.455 e. The van der Waals surface area contributed by atoms with Gasteiger partial charge in [0.2, 0.25) is 0 Å². The summed E-state index contributed by atoms with van der Waals surface area (Å²) in [5.41, 5.74) is 5.46. The molecule has 0 saturated heterocycles. The van der Waals surface area contributed by atoms with Gasteiger partial charge in [-0.05, 0) is 46.1 Å². The molecule has 0 fully saturated rings. The molecule has 0 aliphatic carbocycles. The van der Waals surface area contributed by atoms with Crippen LogP contribution in [0.15, 0.2) is 16.5 Å². The molecular weight excluding hydrogens is 230 g/mol. The van der Waals surface area contributed by atoms with Crippen molar-refractivity contribution in [3.8, 4) is 0 Å². The Morgan fingerprint density at radius 3 is 2.56 bits per heavy atom. The molecule has 18 heavy (non-hydrogen) atoms. The fourth-order valence-electron chi connectivity index (χ4n) is 1.74. The second-order valence-corrected chi connectivity index (χ2v) is 4.51. The van der Waals surface area contributed by atoms with Gasteiger partial charge in [-0.2, -0.15) is 0 Å². The minimum absolute atomic E-state index is 0.0593. The Morgan fingerprint density at radius 1 is 1.33 bits per heavy atom. The van der Waals surface area contributed by atoms with Crippen LogP contribution in [0.3, 0.4) is 0 Å². The molecule has 1 aromatic rings. The van der Waals surface area contributed by atoms with Crippen LogP contribution in [0.5, 0.6) is 0 Å². The molecule has 0 aliphatic rings. The van der Waals surface area contributed by atoms with Gasteiger partial charge < -0.3 is 20.0 Å². The molecule has 0 radical (unpaired) electrons. The summed E-state index contributed by atoms with van der Waals surface area (Å²) in [5, 5.41) is 0. The lowest BCUT2D eigenvalue weighted by atomic mass is 10.3. The fourth-order valence-corrected chi connectivity index (χ4v) is 1.74. The zero-order chi connectivity index (χ0) is 13.5. The van der Waals surface area contributed by atoms with Crippen molar-refractivity contribution >= 4 is 5.91 Å². The molecule has 0 atom stereocenters. The first-order valence-electron chi connectivity index (χ1n) is 6.31. The van der Waals surface area contributed by atoms with Gasteiger partial charge in [0.15, 0.2) is 5.76 Å². The maximum absolute atomic E-state index is 12.2. The standard InChI is InChI=1S/C13H23N3O2/c1-4-16(9-5-8-15(2)3)13(17)12-7-6-11(10-14)18-12/h6-7H,4-5,8-10,14H2,1-3H3. The molecule has 102 valence electrons. The number of hydrogen-bond donors (Lipinski definition) is 1. The molecular formula is C13H23N3O2. The fraction of sp³-hybridized carbons (Fsp3) is 0.615. The van der Waals surface area contributed by atoms with Crippen LogP contribution in [0, 0.1) is 0 Å². The summed E-state index contributed by atoms with van der Waals surface area (Å²) in [6, 6.07) is 3.44. The Hall–Kier alpha value is -1.33. The number of furan rings is 1. The van der Waals surface area contributed by atoms with Crippen LogP contribution < -0.4 is 5.73 Å². The van der Waals surface area contributed by atoms with Gasteiger partial charge in [0.05, 0.1) is 6.54 Å². The minimum atomic E-state index is -0.0593. The van der Waals surface area contributed by atoms with E-state index in [0.29, 0.717) is 24.6 Å². The normalized spacial score (nSPS) is 10.9. The predicted octanol–water partition coefficient (Wildman–Crippen LogP) is 1.15. The SMILES string of the molecule is CCN(CCCN(C)C)C(=O)c1ccc(CN)o1. The van der Waals surface area contributed by atoms with E-state index in [9.17, 15) is 4.79 Å². The van der Waals surface area contributed by atoms with Gasteiger partial charge in [-0.15, -0.1) is 0 Å². The Labute approximate surface area is 109 Å². The largest absolute Gasteiger partial charge is 0.455 e. The molecule has 0 bridgehead atoms. The smallest absolute Gasteiger partial charge is 0.289 e. The van der Waals surface area contributed by atoms with Crippen LogP contribution in [0.25, 0.3) is 0 Å². The Kier molecular flexibility index (Phi) is 5.88. The van der Waals surface area contributed by atoms with Crippen molar-refractivity contribution in [1.29, 1.82) is 0 Å². The van der Waals surface area contributed by atoms with Crippen molar-refractivity contribution < 1.29 is 9.21 Å². The van der Waals surface area contributed by atoms with Crippen LogP contribution in [0.1, 0.15) is 29.7 Å². The summed E-state index contributed by atoms with van der Waals surface area (Å²) in [4.78, 5) is 16.1. The molecule has 2 N–H and O–H groups in total. The quantitative estimate of drug-likeness (QED) is 0.792. The molecule has 1 amide bonds. The Bertz CT molecular complexity index is 374. The van der Waals surface area contributed by atoms with Gasteiger partial charge >= 0.3 is 0 Å². The summed E-state index contributed by atoms with van der Waals surface area (Å²) < 4.78 is 5.38. The number of carbonyl (C=O) groups is 1. The third-order valence-electron chi connectivity index (χ3n) is 2.78. The Morgan fingerprint density at radius 2 is 2.06 bits per heavy atom. The number of amides is 1. The van der Waals surface area contributed by atoms with E-state index < -0.39 is 0 Å². The zero-order valence-electron chi connectivity index (χ0n) is 11.5. The maximum atomic E-state index is 12.2. The maximum Gasteiger partial charge on any atom is 0.289 e. The highest BCUT2D eigenvalue weighted by Crippen LogP contribution is 2.10. The third kappa shape index (κ3) is 4.16. The first-order chi connectivity index (χ1) is 8.58. The van der Waals surface area contributed by atoms with Crippen molar-refractivity contribution in [1.82, 2.24) is 9.80 Å². The molecule has 0 aromatic carbocycles. The van der Waals surface area contributed by atoms with E-state index in [-0.39, 0.29) is 5.91 Å². The number of rotatable bonds is 7. The number of hydrogen-bond acceptors (Lipinski definition) is 4. The van der Waals surface area contributed by atoms with Gasteiger partial charge in [-0.3, -0.25) is 4.79 Å². The van der Waals surface area contributed by atoms with Crippen molar-refractivity contribution in [3.05, 3.63) is 23.7 Å². The molecule has 1 rings (SSSR count). The number of carbonyl (C=O) groups excluding carboxylic acids is 1. The zero-order valence-corrected chi connectivity index (χ0v) is 11.5. The first-order valence-corrected chi connectivity index (χ1v) is 6.31. The van der Waals surface area contributed by atoms with Gasteiger partial charge in [-0.1, -0.05) is 0 Å². The molecule has 0 aliphatic heterocycles. The molecule has 5 nitrogen and oxygen atoms in total.